The van der Waals surface area contributed by atoms with Crippen LogP contribution in [-0.2, 0) is 6.54 Å². The van der Waals surface area contributed by atoms with Crippen molar-refractivity contribution in [3.05, 3.63) is 36.3 Å². The van der Waals surface area contributed by atoms with Crippen molar-refractivity contribution in [1.82, 2.24) is 9.97 Å². The van der Waals surface area contributed by atoms with Gasteiger partial charge in [-0.3, -0.25) is 0 Å². The molecule has 0 radical (unpaired) electrons. The van der Waals surface area contributed by atoms with Gasteiger partial charge in [0, 0.05) is 11.8 Å². The van der Waals surface area contributed by atoms with Gasteiger partial charge in [-0.1, -0.05) is 0 Å². The van der Waals surface area contributed by atoms with Crippen LogP contribution in [-0.4, -0.2) is 24.2 Å². The zero-order valence-corrected chi connectivity index (χ0v) is 10.4. The minimum atomic E-state index is 0.306. The fourth-order valence-corrected chi connectivity index (χ4v) is 1.66. The maximum Gasteiger partial charge on any atom is 0.142 e. The summed E-state index contributed by atoms with van der Waals surface area (Å²) in [6.07, 6.45) is 1.68. The predicted molar refractivity (Wildman–Crippen MR) is 68.5 cm³/mol. The Morgan fingerprint density at radius 2 is 2.00 bits per heavy atom. The first-order valence-corrected chi connectivity index (χ1v) is 5.53. The van der Waals surface area contributed by atoms with Gasteiger partial charge in [0.1, 0.15) is 17.3 Å². The molecule has 0 aliphatic carbocycles. The molecule has 0 aliphatic rings. The molecule has 1 aromatic carbocycles. The van der Waals surface area contributed by atoms with Crippen LogP contribution in [0.3, 0.4) is 0 Å². The number of rotatable bonds is 4. The van der Waals surface area contributed by atoms with Gasteiger partial charge in [0.15, 0.2) is 0 Å². The first kappa shape index (κ1) is 12.3. The second kappa shape index (κ2) is 5.46. The molecule has 2 rings (SSSR count). The maximum absolute atomic E-state index is 5.54. The zero-order chi connectivity index (χ0) is 13.0. The van der Waals surface area contributed by atoms with Crippen LogP contribution < -0.4 is 15.2 Å². The summed E-state index contributed by atoms with van der Waals surface area (Å²) in [5, 5.41) is 0. The van der Waals surface area contributed by atoms with Crippen LogP contribution in [0.15, 0.2) is 30.5 Å². The average molecular weight is 245 g/mol. The lowest BCUT2D eigenvalue weighted by Gasteiger charge is -2.10. The lowest BCUT2D eigenvalue weighted by atomic mass is 10.1. The van der Waals surface area contributed by atoms with Crippen LogP contribution in [0.1, 0.15) is 5.82 Å². The van der Waals surface area contributed by atoms with E-state index in [1.54, 1.807) is 20.4 Å². The van der Waals surface area contributed by atoms with Crippen LogP contribution >= 0.6 is 0 Å². The highest BCUT2D eigenvalue weighted by atomic mass is 16.5. The van der Waals surface area contributed by atoms with Crippen LogP contribution in [0.25, 0.3) is 11.3 Å². The van der Waals surface area contributed by atoms with E-state index >= 15 is 0 Å². The third-order valence-corrected chi connectivity index (χ3v) is 2.57. The summed E-state index contributed by atoms with van der Waals surface area (Å²) in [6.45, 7) is 0.306. The number of methoxy groups -OCH3 is 2. The minimum absolute atomic E-state index is 0.306. The summed E-state index contributed by atoms with van der Waals surface area (Å²) in [4.78, 5) is 8.45. The molecule has 0 saturated carbocycles. The zero-order valence-electron chi connectivity index (χ0n) is 10.4. The van der Waals surface area contributed by atoms with Crippen molar-refractivity contribution in [2.75, 3.05) is 14.2 Å². The molecule has 1 heterocycles. The van der Waals surface area contributed by atoms with Crippen molar-refractivity contribution in [1.29, 1.82) is 0 Å². The van der Waals surface area contributed by atoms with Crippen LogP contribution in [0, 0.1) is 0 Å². The monoisotopic (exact) mass is 245 g/mol. The highest BCUT2D eigenvalue weighted by Gasteiger charge is 2.09. The van der Waals surface area contributed by atoms with Crippen molar-refractivity contribution < 1.29 is 9.47 Å². The van der Waals surface area contributed by atoms with Gasteiger partial charge < -0.3 is 15.2 Å². The summed E-state index contributed by atoms with van der Waals surface area (Å²) < 4.78 is 10.5. The Bertz CT molecular complexity index is 544. The number of hydrogen-bond acceptors (Lipinski definition) is 5. The first-order chi connectivity index (χ1) is 8.78. The molecule has 2 aromatic rings. The van der Waals surface area contributed by atoms with Crippen molar-refractivity contribution in [3.8, 4) is 22.8 Å². The van der Waals surface area contributed by atoms with E-state index in [1.807, 2.05) is 24.3 Å². The van der Waals surface area contributed by atoms with Gasteiger partial charge in [-0.25, -0.2) is 9.97 Å². The molecule has 2 N–H and O–H groups in total. The van der Waals surface area contributed by atoms with Gasteiger partial charge in [-0.2, -0.15) is 0 Å². The molecule has 0 fully saturated rings. The highest BCUT2D eigenvalue weighted by Crippen LogP contribution is 2.31. The van der Waals surface area contributed by atoms with Gasteiger partial charge in [0.25, 0.3) is 0 Å². The molecule has 5 heteroatoms. The topological polar surface area (TPSA) is 70.3 Å². The molecule has 0 atom stereocenters. The summed E-state index contributed by atoms with van der Waals surface area (Å²) in [6, 6.07) is 7.38. The largest absolute Gasteiger partial charge is 0.497 e. The number of ether oxygens (including phenoxy) is 2. The number of nitrogens with zero attached hydrogens (tertiary/aromatic N) is 2. The lowest BCUT2D eigenvalue weighted by Crippen LogP contribution is -2.03. The minimum Gasteiger partial charge on any atom is -0.497 e. The molecule has 0 unspecified atom stereocenters. The fourth-order valence-electron chi connectivity index (χ4n) is 1.66. The number of benzene rings is 1. The van der Waals surface area contributed by atoms with E-state index in [2.05, 4.69) is 9.97 Å². The van der Waals surface area contributed by atoms with Gasteiger partial charge in [0.2, 0.25) is 0 Å². The van der Waals surface area contributed by atoms with E-state index in [1.165, 1.54) is 0 Å². The van der Waals surface area contributed by atoms with Gasteiger partial charge in [-0.15, -0.1) is 0 Å². The maximum atomic E-state index is 5.54. The van der Waals surface area contributed by atoms with E-state index in [9.17, 15) is 0 Å². The average Bonchev–Trinajstić information content (AvgIpc) is 2.46. The van der Waals surface area contributed by atoms with Gasteiger partial charge in [0.05, 0.1) is 26.5 Å². The molecule has 18 heavy (non-hydrogen) atoms. The Morgan fingerprint density at radius 1 is 1.17 bits per heavy atom. The molecule has 94 valence electrons. The van der Waals surface area contributed by atoms with Crippen molar-refractivity contribution in [3.63, 3.8) is 0 Å². The number of hydrogen-bond donors (Lipinski definition) is 1. The Hall–Kier alpha value is -2.14. The summed E-state index contributed by atoms with van der Waals surface area (Å²) >= 11 is 0. The molecular weight excluding hydrogens is 230 g/mol. The lowest BCUT2D eigenvalue weighted by molar-refractivity contribution is 0.404. The Kier molecular flexibility index (Phi) is 3.74. The van der Waals surface area contributed by atoms with Crippen LogP contribution in [0.5, 0.6) is 11.5 Å². The summed E-state index contributed by atoms with van der Waals surface area (Å²) in [5.41, 5.74) is 7.16. The molecule has 0 amide bonds. The molecule has 0 saturated heterocycles. The van der Waals surface area contributed by atoms with E-state index in [-0.39, 0.29) is 0 Å². The smallest absolute Gasteiger partial charge is 0.142 e. The highest BCUT2D eigenvalue weighted by molar-refractivity contribution is 5.68. The van der Waals surface area contributed by atoms with Crippen LogP contribution in [0.2, 0.25) is 0 Å². The third-order valence-electron chi connectivity index (χ3n) is 2.57. The number of nitrogens with two attached hydrogens (primary N) is 1. The van der Waals surface area contributed by atoms with E-state index in [0.29, 0.717) is 12.4 Å². The fraction of sp³-hybridized carbons (Fsp3) is 0.231. The summed E-state index contributed by atoms with van der Waals surface area (Å²) in [5.74, 6) is 2.08. The van der Waals surface area contributed by atoms with E-state index < -0.39 is 0 Å². The second-order valence-electron chi connectivity index (χ2n) is 3.63. The van der Waals surface area contributed by atoms with Gasteiger partial charge >= 0.3 is 0 Å². The SMILES string of the molecule is COc1ccc(OC)c(-c2ccnc(CN)n2)c1. The Labute approximate surface area is 106 Å². The molecular formula is C13H15N3O2. The van der Waals surface area contributed by atoms with E-state index in [4.69, 9.17) is 15.2 Å². The van der Waals surface area contributed by atoms with Gasteiger partial charge in [-0.05, 0) is 24.3 Å². The Balaban J connectivity index is 2.53. The van der Waals surface area contributed by atoms with Crippen molar-refractivity contribution in [2.24, 2.45) is 5.73 Å². The van der Waals surface area contributed by atoms with Crippen molar-refractivity contribution in [2.45, 2.75) is 6.54 Å². The molecule has 0 spiro atoms. The van der Waals surface area contributed by atoms with Crippen LogP contribution in [0.4, 0.5) is 0 Å². The standard InChI is InChI=1S/C13H15N3O2/c1-17-9-3-4-12(18-2)10(7-9)11-5-6-15-13(8-14)16-11/h3-7H,8,14H2,1-2H3. The third kappa shape index (κ3) is 2.41. The normalized spacial score (nSPS) is 10.2. The second-order valence-corrected chi connectivity index (χ2v) is 3.63. The predicted octanol–water partition coefficient (Wildman–Crippen LogP) is 1.62. The number of aromatic nitrogens is 2. The molecule has 5 nitrogen and oxygen atoms in total. The van der Waals surface area contributed by atoms with E-state index in [0.717, 1.165) is 22.8 Å². The summed E-state index contributed by atoms with van der Waals surface area (Å²) in [7, 11) is 3.24. The molecule has 1 aromatic heterocycles. The van der Waals surface area contributed by atoms with Crippen molar-refractivity contribution >= 4 is 0 Å². The molecule has 0 bridgehead atoms. The first-order valence-electron chi connectivity index (χ1n) is 5.53. The Morgan fingerprint density at radius 3 is 2.67 bits per heavy atom. The quantitative estimate of drug-likeness (QED) is 0.886. The molecule has 0 aliphatic heterocycles.